The van der Waals surface area contributed by atoms with Gasteiger partial charge in [0, 0.05) is 26.1 Å². The summed E-state index contributed by atoms with van der Waals surface area (Å²) in [6.07, 6.45) is 0. The molecule has 106 valence electrons. The Morgan fingerprint density at radius 3 is 2.30 bits per heavy atom. The number of halogens is 1. The van der Waals surface area contributed by atoms with Crippen LogP contribution in [0.3, 0.4) is 0 Å². The fourth-order valence-electron chi connectivity index (χ4n) is 2.23. The first kappa shape index (κ1) is 14.7. The lowest BCUT2D eigenvalue weighted by Gasteiger charge is -2.19. The van der Waals surface area contributed by atoms with Crippen LogP contribution >= 0.6 is 0 Å². The molecule has 1 N–H and O–H groups in total. The average Bonchev–Trinajstić information content (AvgIpc) is 2.50. The molecule has 0 radical (unpaired) electrons. The molecule has 1 atom stereocenters. The van der Waals surface area contributed by atoms with Crippen molar-refractivity contribution in [2.45, 2.75) is 5.92 Å². The second kappa shape index (κ2) is 7.78. The Morgan fingerprint density at radius 1 is 1.00 bits per heavy atom. The monoisotopic (exact) mass is 273 g/mol. The molecular weight excluding hydrogens is 253 g/mol. The molecule has 2 rings (SSSR count). The third kappa shape index (κ3) is 4.15. The molecule has 2 nitrogen and oxygen atoms in total. The highest BCUT2D eigenvalue weighted by Crippen LogP contribution is 2.24. The number of benzene rings is 2. The first-order chi connectivity index (χ1) is 9.81. The van der Waals surface area contributed by atoms with Gasteiger partial charge >= 0.3 is 0 Å². The highest BCUT2D eigenvalue weighted by atomic mass is 19.1. The maximum absolute atomic E-state index is 13.1. The quantitative estimate of drug-likeness (QED) is 0.782. The summed E-state index contributed by atoms with van der Waals surface area (Å²) in [6.45, 7) is 2.30. The highest BCUT2D eigenvalue weighted by molar-refractivity contribution is 5.33. The summed E-state index contributed by atoms with van der Waals surface area (Å²) >= 11 is 0. The van der Waals surface area contributed by atoms with E-state index >= 15 is 0 Å². The van der Waals surface area contributed by atoms with E-state index in [2.05, 4.69) is 17.4 Å². The summed E-state index contributed by atoms with van der Waals surface area (Å²) in [7, 11) is 1.69. The van der Waals surface area contributed by atoms with Gasteiger partial charge in [0.15, 0.2) is 0 Å². The minimum absolute atomic E-state index is 0.201. The lowest BCUT2D eigenvalue weighted by atomic mass is 9.91. The van der Waals surface area contributed by atoms with E-state index in [1.165, 1.54) is 17.7 Å². The summed E-state index contributed by atoms with van der Waals surface area (Å²) in [5, 5.41) is 3.38. The topological polar surface area (TPSA) is 21.3 Å². The number of ether oxygens (including phenoxy) is 1. The molecule has 0 aliphatic heterocycles. The van der Waals surface area contributed by atoms with Gasteiger partial charge in [-0.25, -0.2) is 4.39 Å². The Bertz CT molecular complexity index is 498. The minimum atomic E-state index is -0.201. The molecule has 20 heavy (non-hydrogen) atoms. The number of methoxy groups -OCH3 is 1. The van der Waals surface area contributed by atoms with E-state index in [9.17, 15) is 4.39 Å². The first-order valence-electron chi connectivity index (χ1n) is 6.81. The molecule has 1 unspecified atom stereocenters. The lowest BCUT2D eigenvalue weighted by Crippen LogP contribution is -2.25. The second-order valence-electron chi connectivity index (χ2n) is 4.71. The Kier molecular flexibility index (Phi) is 5.71. The van der Waals surface area contributed by atoms with Gasteiger partial charge in [-0.2, -0.15) is 0 Å². The van der Waals surface area contributed by atoms with E-state index in [0.717, 1.165) is 18.7 Å². The van der Waals surface area contributed by atoms with Crippen molar-refractivity contribution in [3.8, 4) is 0 Å². The van der Waals surface area contributed by atoms with E-state index in [-0.39, 0.29) is 11.7 Å². The van der Waals surface area contributed by atoms with E-state index < -0.39 is 0 Å². The number of rotatable bonds is 7. The van der Waals surface area contributed by atoms with Crippen molar-refractivity contribution in [3.05, 3.63) is 71.5 Å². The van der Waals surface area contributed by atoms with Gasteiger partial charge in [0.1, 0.15) is 5.82 Å². The van der Waals surface area contributed by atoms with Crippen LogP contribution in [0, 0.1) is 5.82 Å². The van der Waals surface area contributed by atoms with Crippen molar-refractivity contribution in [3.63, 3.8) is 0 Å². The zero-order valence-corrected chi connectivity index (χ0v) is 11.7. The minimum Gasteiger partial charge on any atom is -0.383 e. The van der Waals surface area contributed by atoms with Crippen LogP contribution in [0.25, 0.3) is 0 Å². The molecule has 0 saturated heterocycles. The van der Waals surface area contributed by atoms with Gasteiger partial charge < -0.3 is 10.1 Å². The summed E-state index contributed by atoms with van der Waals surface area (Å²) in [6, 6.07) is 17.0. The standard InChI is InChI=1S/C17H20FNO/c1-20-12-11-19-13-17(14-5-3-2-4-6-14)15-7-9-16(18)10-8-15/h2-10,17,19H,11-13H2,1H3. The highest BCUT2D eigenvalue weighted by Gasteiger charge is 2.13. The second-order valence-corrected chi connectivity index (χ2v) is 4.71. The zero-order chi connectivity index (χ0) is 14.2. The van der Waals surface area contributed by atoms with Gasteiger partial charge in [0.05, 0.1) is 6.61 Å². The Hall–Kier alpha value is -1.71. The summed E-state index contributed by atoms with van der Waals surface area (Å²) < 4.78 is 18.1. The summed E-state index contributed by atoms with van der Waals surface area (Å²) in [4.78, 5) is 0. The average molecular weight is 273 g/mol. The van der Waals surface area contributed by atoms with Crippen LogP contribution in [0.5, 0.6) is 0 Å². The number of hydrogen-bond donors (Lipinski definition) is 1. The molecule has 0 heterocycles. The molecule has 0 aliphatic carbocycles. The van der Waals surface area contributed by atoms with Gasteiger partial charge in [0.2, 0.25) is 0 Å². The molecular formula is C17H20FNO. The van der Waals surface area contributed by atoms with Crippen molar-refractivity contribution in [1.82, 2.24) is 5.32 Å². The van der Waals surface area contributed by atoms with Crippen molar-refractivity contribution in [2.24, 2.45) is 0 Å². The third-order valence-corrected chi connectivity index (χ3v) is 3.31. The molecule has 0 spiro atoms. The molecule has 0 fully saturated rings. The molecule has 0 aromatic heterocycles. The van der Waals surface area contributed by atoms with E-state index in [1.54, 1.807) is 7.11 Å². The maximum atomic E-state index is 13.1. The lowest BCUT2D eigenvalue weighted by molar-refractivity contribution is 0.199. The van der Waals surface area contributed by atoms with Gasteiger partial charge in [-0.05, 0) is 23.3 Å². The van der Waals surface area contributed by atoms with Crippen molar-refractivity contribution in [2.75, 3.05) is 26.8 Å². The third-order valence-electron chi connectivity index (χ3n) is 3.31. The van der Waals surface area contributed by atoms with E-state index in [1.807, 2.05) is 30.3 Å². The van der Waals surface area contributed by atoms with Gasteiger partial charge in [-0.3, -0.25) is 0 Å². The molecule has 0 amide bonds. The largest absolute Gasteiger partial charge is 0.383 e. The molecule has 0 aliphatic rings. The van der Waals surface area contributed by atoms with Gasteiger partial charge in [-0.1, -0.05) is 42.5 Å². The first-order valence-corrected chi connectivity index (χ1v) is 6.81. The molecule has 0 bridgehead atoms. The smallest absolute Gasteiger partial charge is 0.123 e. The van der Waals surface area contributed by atoms with E-state index in [0.29, 0.717) is 6.61 Å². The SMILES string of the molecule is COCCNCC(c1ccccc1)c1ccc(F)cc1. The Balaban J connectivity index is 2.13. The van der Waals surface area contributed by atoms with Crippen LogP contribution in [-0.2, 0) is 4.74 Å². The Labute approximate surface area is 119 Å². The molecule has 2 aromatic carbocycles. The Morgan fingerprint density at radius 2 is 1.65 bits per heavy atom. The normalized spacial score (nSPS) is 12.3. The predicted molar refractivity (Wildman–Crippen MR) is 79.4 cm³/mol. The summed E-state index contributed by atoms with van der Waals surface area (Å²) in [5.74, 6) is 0.0153. The molecule has 2 aromatic rings. The zero-order valence-electron chi connectivity index (χ0n) is 11.7. The molecule has 3 heteroatoms. The van der Waals surface area contributed by atoms with Crippen LogP contribution in [0.4, 0.5) is 4.39 Å². The predicted octanol–water partition coefficient (Wildman–Crippen LogP) is 3.19. The van der Waals surface area contributed by atoms with Crippen LogP contribution in [0.15, 0.2) is 54.6 Å². The van der Waals surface area contributed by atoms with Gasteiger partial charge in [-0.15, -0.1) is 0 Å². The maximum Gasteiger partial charge on any atom is 0.123 e. The van der Waals surface area contributed by atoms with Gasteiger partial charge in [0.25, 0.3) is 0 Å². The van der Waals surface area contributed by atoms with Crippen molar-refractivity contribution in [1.29, 1.82) is 0 Å². The summed E-state index contributed by atoms with van der Waals surface area (Å²) in [5.41, 5.74) is 2.34. The van der Waals surface area contributed by atoms with Crippen LogP contribution < -0.4 is 5.32 Å². The number of hydrogen-bond acceptors (Lipinski definition) is 2. The fourth-order valence-corrected chi connectivity index (χ4v) is 2.23. The van der Waals surface area contributed by atoms with Crippen molar-refractivity contribution < 1.29 is 9.13 Å². The fraction of sp³-hybridized carbons (Fsp3) is 0.294. The van der Waals surface area contributed by atoms with E-state index in [4.69, 9.17) is 4.74 Å². The van der Waals surface area contributed by atoms with Crippen LogP contribution in [0.1, 0.15) is 17.0 Å². The van der Waals surface area contributed by atoms with Crippen molar-refractivity contribution >= 4 is 0 Å². The van der Waals surface area contributed by atoms with Crippen LogP contribution in [0.2, 0.25) is 0 Å². The number of nitrogens with one attached hydrogen (secondary N) is 1. The van der Waals surface area contributed by atoms with Crippen LogP contribution in [-0.4, -0.2) is 26.8 Å². The molecule has 0 saturated carbocycles.